The number of benzene rings is 1. The number of ether oxygens (including phenoxy) is 1. The second-order valence-electron chi connectivity index (χ2n) is 4.97. The fourth-order valence-electron chi connectivity index (χ4n) is 1.86. The number of nitrogens with zero attached hydrogens (tertiary/aromatic N) is 1. The van der Waals surface area contributed by atoms with Gasteiger partial charge in [0.2, 0.25) is 5.91 Å². The first-order valence-electron chi connectivity index (χ1n) is 7.29. The fourth-order valence-corrected chi connectivity index (χ4v) is 1.86. The molecule has 1 atom stereocenters. The number of pyridine rings is 1. The van der Waals surface area contributed by atoms with Crippen LogP contribution in [0.15, 0.2) is 54.9 Å². The molecule has 1 aromatic carbocycles. The van der Waals surface area contributed by atoms with Crippen LogP contribution in [0.25, 0.3) is 0 Å². The molecule has 0 radical (unpaired) electrons. The summed E-state index contributed by atoms with van der Waals surface area (Å²) >= 11 is 0. The molecule has 0 aliphatic rings. The van der Waals surface area contributed by atoms with E-state index in [1.165, 1.54) is 0 Å². The molecule has 6 heteroatoms. The first-order chi connectivity index (χ1) is 11.1. The fraction of sp³-hybridized carbons (Fsp3) is 0.235. The molecule has 0 aliphatic heterocycles. The van der Waals surface area contributed by atoms with Gasteiger partial charge in [0.25, 0.3) is 5.91 Å². The molecule has 0 bridgehead atoms. The van der Waals surface area contributed by atoms with Gasteiger partial charge in [0, 0.05) is 18.9 Å². The van der Waals surface area contributed by atoms with Gasteiger partial charge in [-0.05, 0) is 30.7 Å². The average Bonchev–Trinajstić information content (AvgIpc) is 2.59. The summed E-state index contributed by atoms with van der Waals surface area (Å²) in [7, 11) is 0. The standard InChI is InChI=1S/C17H19N3O3/c1-13(17(22)19-11-14-6-5-9-18-10-14)20-16(21)12-23-15-7-3-2-4-8-15/h2-10,13H,11-12H2,1H3,(H,19,22)(H,20,21)/t13-/m0/s1. The molecule has 0 saturated carbocycles. The van der Waals surface area contributed by atoms with Crippen molar-refractivity contribution in [2.24, 2.45) is 0 Å². The Balaban J connectivity index is 1.71. The Bertz CT molecular complexity index is 632. The first-order valence-corrected chi connectivity index (χ1v) is 7.29. The molecule has 0 unspecified atom stereocenters. The van der Waals surface area contributed by atoms with Gasteiger partial charge in [-0.1, -0.05) is 24.3 Å². The molecule has 1 heterocycles. The van der Waals surface area contributed by atoms with E-state index in [2.05, 4.69) is 15.6 Å². The third-order valence-electron chi connectivity index (χ3n) is 3.07. The molecule has 2 aromatic rings. The summed E-state index contributed by atoms with van der Waals surface area (Å²) in [6.07, 6.45) is 3.35. The van der Waals surface area contributed by atoms with E-state index in [1.807, 2.05) is 24.3 Å². The molecule has 1 aromatic heterocycles. The summed E-state index contributed by atoms with van der Waals surface area (Å²) < 4.78 is 5.33. The smallest absolute Gasteiger partial charge is 0.258 e. The summed E-state index contributed by atoms with van der Waals surface area (Å²) in [6, 6.07) is 12.1. The van der Waals surface area contributed by atoms with Crippen LogP contribution >= 0.6 is 0 Å². The summed E-state index contributed by atoms with van der Waals surface area (Å²) in [4.78, 5) is 27.7. The maximum Gasteiger partial charge on any atom is 0.258 e. The van der Waals surface area contributed by atoms with Crippen LogP contribution in [0.1, 0.15) is 12.5 Å². The van der Waals surface area contributed by atoms with E-state index in [4.69, 9.17) is 4.74 Å². The maximum atomic E-state index is 11.9. The summed E-state index contributed by atoms with van der Waals surface area (Å²) in [5.41, 5.74) is 0.895. The normalized spacial score (nSPS) is 11.3. The highest BCUT2D eigenvalue weighted by molar-refractivity contribution is 5.87. The van der Waals surface area contributed by atoms with E-state index >= 15 is 0 Å². The van der Waals surface area contributed by atoms with Crippen LogP contribution in [-0.4, -0.2) is 29.4 Å². The van der Waals surface area contributed by atoms with Crippen molar-refractivity contribution in [1.82, 2.24) is 15.6 Å². The zero-order chi connectivity index (χ0) is 16.5. The van der Waals surface area contributed by atoms with E-state index in [0.717, 1.165) is 5.56 Å². The van der Waals surface area contributed by atoms with Crippen molar-refractivity contribution in [3.8, 4) is 5.75 Å². The zero-order valence-electron chi connectivity index (χ0n) is 12.9. The number of rotatable bonds is 7. The summed E-state index contributed by atoms with van der Waals surface area (Å²) in [5, 5.41) is 5.34. The van der Waals surface area contributed by atoms with Gasteiger partial charge in [-0.15, -0.1) is 0 Å². The Morgan fingerprint density at radius 2 is 1.96 bits per heavy atom. The third-order valence-corrected chi connectivity index (χ3v) is 3.07. The maximum absolute atomic E-state index is 11.9. The number of carbonyl (C=O) groups is 2. The molecule has 2 rings (SSSR count). The Hall–Kier alpha value is -2.89. The van der Waals surface area contributed by atoms with Gasteiger partial charge in [-0.2, -0.15) is 0 Å². The quantitative estimate of drug-likeness (QED) is 0.807. The lowest BCUT2D eigenvalue weighted by Crippen LogP contribution is -2.46. The molecule has 0 saturated heterocycles. The highest BCUT2D eigenvalue weighted by Gasteiger charge is 2.15. The Morgan fingerprint density at radius 1 is 1.17 bits per heavy atom. The molecule has 0 fully saturated rings. The highest BCUT2D eigenvalue weighted by Crippen LogP contribution is 2.07. The predicted octanol–water partition coefficient (Wildman–Crippen LogP) is 1.28. The molecule has 2 N–H and O–H groups in total. The molecule has 120 valence electrons. The van der Waals surface area contributed by atoms with Crippen LogP contribution in [0.3, 0.4) is 0 Å². The third kappa shape index (κ3) is 5.78. The largest absolute Gasteiger partial charge is 0.484 e. The number of hydrogen-bond donors (Lipinski definition) is 2. The van der Waals surface area contributed by atoms with Crippen LogP contribution in [0.2, 0.25) is 0 Å². The number of aromatic nitrogens is 1. The number of nitrogens with one attached hydrogen (secondary N) is 2. The minimum atomic E-state index is -0.640. The lowest BCUT2D eigenvalue weighted by atomic mass is 10.2. The summed E-state index contributed by atoms with van der Waals surface area (Å²) in [5.74, 6) is -0.00359. The van der Waals surface area contributed by atoms with Crippen molar-refractivity contribution in [2.45, 2.75) is 19.5 Å². The van der Waals surface area contributed by atoms with Crippen LogP contribution in [0.4, 0.5) is 0 Å². The zero-order valence-corrected chi connectivity index (χ0v) is 12.9. The lowest BCUT2D eigenvalue weighted by Gasteiger charge is -2.14. The Labute approximate surface area is 134 Å². The van der Waals surface area contributed by atoms with Crippen molar-refractivity contribution in [3.05, 3.63) is 60.4 Å². The van der Waals surface area contributed by atoms with Gasteiger partial charge in [-0.25, -0.2) is 0 Å². The van der Waals surface area contributed by atoms with Gasteiger partial charge in [0.15, 0.2) is 6.61 Å². The average molecular weight is 313 g/mol. The van der Waals surface area contributed by atoms with E-state index in [1.54, 1.807) is 37.5 Å². The van der Waals surface area contributed by atoms with E-state index in [-0.39, 0.29) is 18.4 Å². The minimum Gasteiger partial charge on any atom is -0.484 e. The van der Waals surface area contributed by atoms with Gasteiger partial charge in [-0.3, -0.25) is 14.6 Å². The molecule has 23 heavy (non-hydrogen) atoms. The Kier molecular flexibility index (Phi) is 6.11. The van der Waals surface area contributed by atoms with Gasteiger partial charge < -0.3 is 15.4 Å². The van der Waals surface area contributed by atoms with Crippen LogP contribution in [0, 0.1) is 0 Å². The van der Waals surface area contributed by atoms with E-state index < -0.39 is 6.04 Å². The van der Waals surface area contributed by atoms with Crippen molar-refractivity contribution in [2.75, 3.05) is 6.61 Å². The number of carbonyl (C=O) groups excluding carboxylic acids is 2. The number of hydrogen-bond acceptors (Lipinski definition) is 4. The van der Waals surface area contributed by atoms with Gasteiger partial charge >= 0.3 is 0 Å². The predicted molar refractivity (Wildman–Crippen MR) is 85.6 cm³/mol. The van der Waals surface area contributed by atoms with Gasteiger partial charge in [0.1, 0.15) is 11.8 Å². The monoisotopic (exact) mass is 313 g/mol. The van der Waals surface area contributed by atoms with Crippen LogP contribution in [0.5, 0.6) is 5.75 Å². The highest BCUT2D eigenvalue weighted by atomic mass is 16.5. The van der Waals surface area contributed by atoms with Gasteiger partial charge in [0.05, 0.1) is 0 Å². The molecule has 0 spiro atoms. The minimum absolute atomic E-state index is 0.135. The van der Waals surface area contributed by atoms with E-state index in [0.29, 0.717) is 12.3 Å². The molecule has 2 amide bonds. The van der Waals surface area contributed by atoms with E-state index in [9.17, 15) is 9.59 Å². The topological polar surface area (TPSA) is 80.3 Å². The second kappa shape index (κ2) is 8.53. The van der Waals surface area contributed by atoms with Crippen molar-refractivity contribution >= 4 is 11.8 Å². The number of para-hydroxylation sites is 1. The number of amides is 2. The molecule has 6 nitrogen and oxygen atoms in total. The SMILES string of the molecule is C[C@H](NC(=O)COc1ccccc1)C(=O)NCc1cccnc1. The second-order valence-corrected chi connectivity index (χ2v) is 4.97. The molecular formula is C17H19N3O3. The van der Waals surface area contributed by atoms with Crippen LogP contribution < -0.4 is 15.4 Å². The van der Waals surface area contributed by atoms with Crippen molar-refractivity contribution in [3.63, 3.8) is 0 Å². The lowest BCUT2D eigenvalue weighted by molar-refractivity contribution is -0.129. The first kappa shape index (κ1) is 16.5. The summed E-state index contributed by atoms with van der Waals surface area (Å²) in [6.45, 7) is 1.86. The molecule has 0 aliphatic carbocycles. The van der Waals surface area contributed by atoms with Crippen molar-refractivity contribution in [1.29, 1.82) is 0 Å². The Morgan fingerprint density at radius 3 is 2.65 bits per heavy atom. The van der Waals surface area contributed by atoms with Crippen LogP contribution in [-0.2, 0) is 16.1 Å². The van der Waals surface area contributed by atoms with Crippen molar-refractivity contribution < 1.29 is 14.3 Å². The molecular weight excluding hydrogens is 294 g/mol.